The zero-order chi connectivity index (χ0) is 19.0. The highest BCUT2D eigenvalue weighted by molar-refractivity contribution is 5.45. The minimum Gasteiger partial charge on any atom is -0.457 e. The number of benzene rings is 2. The Balaban J connectivity index is 1.53. The fourth-order valence-electron chi connectivity index (χ4n) is 3.61. The van der Waals surface area contributed by atoms with Gasteiger partial charge < -0.3 is 13.9 Å². The Morgan fingerprint density at radius 2 is 0.741 bits per heavy atom. The van der Waals surface area contributed by atoms with E-state index in [1.165, 1.54) is 22.8 Å². The highest BCUT2D eigenvalue weighted by Gasteiger charge is 2.06. The Hall–Kier alpha value is -3.20. The fourth-order valence-corrected chi connectivity index (χ4v) is 3.61. The van der Waals surface area contributed by atoms with Crippen molar-refractivity contribution in [3.05, 3.63) is 95.6 Å². The van der Waals surface area contributed by atoms with Crippen molar-refractivity contribution in [1.82, 2.24) is 9.13 Å². The maximum atomic E-state index is 6.03. The van der Waals surface area contributed by atoms with E-state index in [1.54, 1.807) is 0 Å². The molecule has 2 aromatic carbocycles. The first-order chi connectivity index (χ1) is 13.0. The van der Waals surface area contributed by atoms with Gasteiger partial charge in [-0.3, -0.25) is 0 Å². The second-order valence-corrected chi connectivity index (χ2v) is 6.99. The molecular formula is C24H24N2O. The lowest BCUT2D eigenvalue weighted by Gasteiger charge is -2.12. The van der Waals surface area contributed by atoms with Crippen LogP contribution < -0.4 is 4.74 Å². The van der Waals surface area contributed by atoms with Gasteiger partial charge in [-0.25, -0.2) is 0 Å². The molecule has 0 saturated heterocycles. The van der Waals surface area contributed by atoms with Crippen molar-refractivity contribution in [2.24, 2.45) is 0 Å². The molecule has 2 heterocycles. The first kappa shape index (κ1) is 17.2. The predicted octanol–water partition coefficient (Wildman–Crippen LogP) is 6.29. The van der Waals surface area contributed by atoms with Gasteiger partial charge in [0.2, 0.25) is 0 Å². The minimum atomic E-state index is 0.835. The molecule has 27 heavy (non-hydrogen) atoms. The van der Waals surface area contributed by atoms with Crippen molar-refractivity contribution in [2.75, 3.05) is 0 Å². The molecule has 0 unspecified atom stereocenters. The lowest BCUT2D eigenvalue weighted by molar-refractivity contribution is 0.482. The first-order valence-electron chi connectivity index (χ1n) is 9.21. The third kappa shape index (κ3) is 3.28. The molecule has 4 aromatic rings. The summed E-state index contributed by atoms with van der Waals surface area (Å²) in [5.41, 5.74) is 7.21. The summed E-state index contributed by atoms with van der Waals surface area (Å²) in [6.07, 6.45) is 0. The highest BCUT2D eigenvalue weighted by Crippen LogP contribution is 2.26. The zero-order valence-corrected chi connectivity index (χ0v) is 16.2. The summed E-state index contributed by atoms with van der Waals surface area (Å²) < 4.78 is 10.5. The number of ether oxygens (including phenoxy) is 1. The Labute approximate surface area is 160 Å². The van der Waals surface area contributed by atoms with Gasteiger partial charge in [0.15, 0.2) is 0 Å². The SMILES string of the molecule is Cc1ccc(C)n1-c1ccc(Oc2ccc(-n3c(C)ccc3C)cc2)cc1. The normalized spacial score (nSPS) is 11.0. The van der Waals surface area contributed by atoms with E-state index in [9.17, 15) is 0 Å². The number of aromatic nitrogens is 2. The van der Waals surface area contributed by atoms with Crippen molar-refractivity contribution < 1.29 is 4.74 Å². The van der Waals surface area contributed by atoms with Crippen molar-refractivity contribution in [3.8, 4) is 22.9 Å². The number of hydrogen-bond donors (Lipinski definition) is 0. The van der Waals surface area contributed by atoms with Crippen LogP contribution in [0.5, 0.6) is 11.5 Å². The molecule has 0 aliphatic heterocycles. The zero-order valence-electron chi connectivity index (χ0n) is 16.2. The van der Waals surface area contributed by atoms with Crippen molar-refractivity contribution in [1.29, 1.82) is 0 Å². The van der Waals surface area contributed by atoms with Crippen molar-refractivity contribution >= 4 is 0 Å². The van der Waals surface area contributed by atoms with Crippen LogP contribution in [-0.4, -0.2) is 9.13 Å². The molecule has 4 rings (SSSR count). The van der Waals surface area contributed by atoms with Gasteiger partial charge >= 0.3 is 0 Å². The van der Waals surface area contributed by atoms with Gasteiger partial charge in [0.05, 0.1) is 0 Å². The standard InChI is InChI=1S/C24H24N2O/c1-17-5-6-18(2)25(17)21-9-13-23(14-10-21)27-24-15-11-22(12-16-24)26-19(3)7-8-20(26)4/h5-16H,1-4H3. The topological polar surface area (TPSA) is 19.1 Å². The van der Waals surface area contributed by atoms with Crippen molar-refractivity contribution in [2.45, 2.75) is 27.7 Å². The van der Waals surface area contributed by atoms with Crippen LogP contribution in [0.3, 0.4) is 0 Å². The van der Waals surface area contributed by atoms with Gasteiger partial charge in [-0.1, -0.05) is 0 Å². The van der Waals surface area contributed by atoms with Gasteiger partial charge in [-0.2, -0.15) is 0 Å². The Morgan fingerprint density at radius 1 is 0.444 bits per heavy atom. The largest absolute Gasteiger partial charge is 0.457 e. The Morgan fingerprint density at radius 3 is 1.04 bits per heavy atom. The molecule has 3 nitrogen and oxygen atoms in total. The second-order valence-electron chi connectivity index (χ2n) is 6.99. The molecule has 0 aliphatic rings. The number of hydrogen-bond acceptors (Lipinski definition) is 1. The summed E-state index contributed by atoms with van der Waals surface area (Å²) >= 11 is 0. The summed E-state index contributed by atoms with van der Waals surface area (Å²) in [4.78, 5) is 0. The van der Waals surface area contributed by atoms with Crippen LogP contribution in [0, 0.1) is 27.7 Å². The maximum Gasteiger partial charge on any atom is 0.127 e. The first-order valence-corrected chi connectivity index (χ1v) is 9.21. The van der Waals surface area contributed by atoms with Crippen LogP contribution >= 0.6 is 0 Å². The third-order valence-electron chi connectivity index (χ3n) is 4.97. The van der Waals surface area contributed by atoms with Crippen LogP contribution in [0.15, 0.2) is 72.8 Å². The Kier molecular flexibility index (Phi) is 4.36. The van der Waals surface area contributed by atoms with Gasteiger partial charge in [-0.05, 0) is 100 Å². The monoisotopic (exact) mass is 356 g/mol. The summed E-state index contributed by atoms with van der Waals surface area (Å²) in [6.45, 7) is 8.47. The molecule has 0 N–H and O–H groups in total. The molecule has 0 aliphatic carbocycles. The van der Waals surface area contributed by atoms with Gasteiger partial charge in [0.1, 0.15) is 11.5 Å². The van der Waals surface area contributed by atoms with E-state index in [1.807, 2.05) is 24.3 Å². The molecular weight excluding hydrogens is 332 g/mol. The highest BCUT2D eigenvalue weighted by atomic mass is 16.5. The summed E-state index contributed by atoms with van der Waals surface area (Å²) in [7, 11) is 0. The number of aryl methyl sites for hydroxylation is 4. The second kappa shape index (κ2) is 6.84. The van der Waals surface area contributed by atoms with E-state index in [4.69, 9.17) is 4.74 Å². The lowest BCUT2D eigenvalue weighted by atomic mass is 10.2. The molecule has 0 amide bonds. The predicted molar refractivity (Wildman–Crippen MR) is 111 cm³/mol. The molecule has 0 bridgehead atoms. The molecule has 136 valence electrons. The van der Waals surface area contributed by atoms with E-state index in [0.29, 0.717) is 0 Å². The molecule has 0 saturated carbocycles. The van der Waals surface area contributed by atoms with Crippen LogP contribution in [0.4, 0.5) is 0 Å². The van der Waals surface area contributed by atoms with Crippen LogP contribution in [0.25, 0.3) is 11.4 Å². The summed E-state index contributed by atoms with van der Waals surface area (Å²) in [5.74, 6) is 1.67. The smallest absolute Gasteiger partial charge is 0.127 e. The molecule has 0 radical (unpaired) electrons. The molecule has 3 heteroatoms. The van der Waals surface area contributed by atoms with Crippen molar-refractivity contribution in [3.63, 3.8) is 0 Å². The average Bonchev–Trinajstić information content (AvgIpc) is 3.18. The molecule has 2 aromatic heterocycles. The van der Waals surface area contributed by atoms with E-state index < -0.39 is 0 Å². The van der Waals surface area contributed by atoms with E-state index in [2.05, 4.69) is 85.4 Å². The summed E-state index contributed by atoms with van der Waals surface area (Å²) in [5, 5.41) is 0. The minimum absolute atomic E-state index is 0.835. The molecule has 0 atom stereocenters. The van der Waals surface area contributed by atoms with E-state index >= 15 is 0 Å². The quantitative estimate of drug-likeness (QED) is 0.420. The van der Waals surface area contributed by atoms with Crippen LogP contribution in [0.1, 0.15) is 22.8 Å². The fraction of sp³-hybridized carbons (Fsp3) is 0.167. The van der Waals surface area contributed by atoms with Gasteiger partial charge in [0.25, 0.3) is 0 Å². The lowest BCUT2D eigenvalue weighted by Crippen LogP contribution is -1.99. The van der Waals surface area contributed by atoms with Crippen LogP contribution in [0.2, 0.25) is 0 Å². The maximum absolute atomic E-state index is 6.03. The van der Waals surface area contributed by atoms with E-state index in [-0.39, 0.29) is 0 Å². The van der Waals surface area contributed by atoms with Gasteiger partial charge in [-0.15, -0.1) is 0 Å². The summed E-state index contributed by atoms with van der Waals surface area (Å²) in [6, 6.07) is 25.0. The number of nitrogens with zero attached hydrogens (tertiary/aromatic N) is 2. The van der Waals surface area contributed by atoms with Gasteiger partial charge in [0, 0.05) is 34.2 Å². The average molecular weight is 356 g/mol. The molecule has 0 spiro atoms. The Bertz CT molecular complexity index is 940. The molecule has 0 fully saturated rings. The van der Waals surface area contributed by atoms with E-state index in [0.717, 1.165) is 22.9 Å². The third-order valence-corrected chi connectivity index (χ3v) is 4.97. The number of rotatable bonds is 4. The van der Waals surface area contributed by atoms with Crippen LogP contribution in [-0.2, 0) is 0 Å².